The van der Waals surface area contributed by atoms with Crippen molar-refractivity contribution in [3.05, 3.63) is 41.9 Å². The first-order chi connectivity index (χ1) is 7.75. The number of thiocarbonyl (C=S) groups is 1. The van der Waals surface area contributed by atoms with Crippen LogP contribution < -0.4 is 11.1 Å². The Morgan fingerprint density at radius 1 is 1.44 bits per heavy atom. The van der Waals surface area contributed by atoms with E-state index in [4.69, 9.17) is 22.5 Å². The van der Waals surface area contributed by atoms with Crippen LogP contribution in [-0.2, 0) is 6.54 Å². The number of nitrogens with zero attached hydrogens (tertiary/aromatic N) is 2. The van der Waals surface area contributed by atoms with Gasteiger partial charge in [-0.05, 0) is 12.1 Å². The summed E-state index contributed by atoms with van der Waals surface area (Å²) in [5, 5.41) is 6.69. The molecular weight excluding hydrogens is 224 g/mol. The lowest BCUT2D eigenvalue weighted by Gasteiger charge is -2.04. The van der Waals surface area contributed by atoms with E-state index in [0.717, 1.165) is 11.3 Å². The molecule has 16 heavy (non-hydrogen) atoms. The summed E-state index contributed by atoms with van der Waals surface area (Å²) in [6.45, 7) is 0.522. The Morgan fingerprint density at radius 2 is 2.31 bits per heavy atom. The lowest BCUT2D eigenvalue weighted by atomic mass is 10.2. The fourth-order valence-electron chi connectivity index (χ4n) is 1.19. The van der Waals surface area contributed by atoms with Gasteiger partial charge in [0, 0.05) is 17.8 Å². The molecule has 82 valence electrons. The Labute approximate surface area is 97.7 Å². The van der Waals surface area contributed by atoms with Gasteiger partial charge in [0.25, 0.3) is 0 Å². The molecule has 2 aromatic rings. The standard InChI is InChI=1S/C10H10N4OS/c11-10(16)7-1-3-12-9(5-7)13-6-8-2-4-14-15-8/h1-5H,6H2,(H2,11,16)(H,12,13). The zero-order valence-electron chi connectivity index (χ0n) is 8.38. The van der Waals surface area contributed by atoms with Crippen LogP contribution in [0.15, 0.2) is 35.1 Å². The first-order valence-corrected chi connectivity index (χ1v) is 5.06. The van der Waals surface area contributed by atoms with E-state index in [0.29, 0.717) is 17.4 Å². The van der Waals surface area contributed by atoms with Gasteiger partial charge >= 0.3 is 0 Å². The van der Waals surface area contributed by atoms with Crippen molar-refractivity contribution in [3.8, 4) is 0 Å². The summed E-state index contributed by atoms with van der Waals surface area (Å²) < 4.78 is 4.94. The Balaban J connectivity index is 2.04. The van der Waals surface area contributed by atoms with E-state index in [1.165, 1.54) is 0 Å². The number of pyridine rings is 1. The molecule has 0 radical (unpaired) electrons. The number of nitrogens with one attached hydrogen (secondary N) is 1. The normalized spacial score (nSPS) is 10.0. The van der Waals surface area contributed by atoms with Crippen LogP contribution in [-0.4, -0.2) is 15.1 Å². The maximum atomic E-state index is 5.52. The minimum Gasteiger partial charge on any atom is -0.389 e. The summed E-state index contributed by atoms with van der Waals surface area (Å²) in [7, 11) is 0. The van der Waals surface area contributed by atoms with Crippen LogP contribution in [0.25, 0.3) is 0 Å². The second-order valence-corrected chi connectivity index (χ2v) is 3.57. The van der Waals surface area contributed by atoms with E-state index in [1.807, 2.05) is 0 Å². The quantitative estimate of drug-likeness (QED) is 0.777. The van der Waals surface area contributed by atoms with Crippen molar-refractivity contribution < 1.29 is 4.52 Å². The van der Waals surface area contributed by atoms with Gasteiger partial charge in [0.05, 0.1) is 12.7 Å². The third-order valence-corrected chi connectivity index (χ3v) is 2.22. The molecule has 3 N–H and O–H groups in total. The summed E-state index contributed by atoms with van der Waals surface area (Å²) in [5.41, 5.74) is 6.30. The van der Waals surface area contributed by atoms with Gasteiger partial charge in [-0.1, -0.05) is 17.4 Å². The van der Waals surface area contributed by atoms with Crippen LogP contribution in [0, 0.1) is 0 Å². The topological polar surface area (TPSA) is 77.0 Å². The first kappa shape index (κ1) is 10.6. The SMILES string of the molecule is NC(=S)c1ccnc(NCc2ccno2)c1. The molecule has 0 spiro atoms. The molecule has 0 aliphatic carbocycles. The maximum Gasteiger partial charge on any atom is 0.155 e. The monoisotopic (exact) mass is 234 g/mol. The predicted molar refractivity (Wildman–Crippen MR) is 64.0 cm³/mol. The molecule has 2 heterocycles. The highest BCUT2D eigenvalue weighted by atomic mass is 32.1. The van der Waals surface area contributed by atoms with Crippen molar-refractivity contribution in [1.82, 2.24) is 10.1 Å². The first-order valence-electron chi connectivity index (χ1n) is 4.65. The molecule has 2 rings (SSSR count). The molecule has 0 bridgehead atoms. The molecule has 0 unspecified atom stereocenters. The highest BCUT2D eigenvalue weighted by molar-refractivity contribution is 7.80. The highest BCUT2D eigenvalue weighted by Crippen LogP contribution is 2.08. The Kier molecular flexibility index (Phi) is 3.11. The molecule has 0 fully saturated rings. The summed E-state index contributed by atoms with van der Waals surface area (Å²) in [5.74, 6) is 1.43. The van der Waals surface area contributed by atoms with Crippen molar-refractivity contribution in [2.24, 2.45) is 5.73 Å². The second-order valence-electron chi connectivity index (χ2n) is 3.13. The molecule has 2 aromatic heterocycles. The van der Waals surface area contributed by atoms with Crippen molar-refractivity contribution in [2.75, 3.05) is 5.32 Å². The molecule has 6 heteroatoms. The van der Waals surface area contributed by atoms with Gasteiger partial charge in [-0.3, -0.25) is 0 Å². The van der Waals surface area contributed by atoms with Crippen molar-refractivity contribution >= 4 is 23.0 Å². The summed E-state index contributed by atoms with van der Waals surface area (Å²) in [4.78, 5) is 4.48. The number of anilines is 1. The van der Waals surface area contributed by atoms with E-state index in [1.54, 1.807) is 30.6 Å². The molecule has 5 nitrogen and oxygen atoms in total. The Hall–Kier alpha value is -1.95. The number of nitrogens with two attached hydrogens (primary N) is 1. The smallest absolute Gasteiger partial charge is 0.155 e. The zero-order chi connectivity index (χ0) is 11.4. The number of aromatic nitrogens is 2. The van der Waals surface area contributed by atoms with E-state index in [9.17, 15) is 0 Å². The van der Waals surface area contributed by atoms with Gasteiger partial charge in [0.2, 0.25) is 0 Å². The zero-order valence-corrected chi connectivity index (χ0v) is 9.20. The minimum absolute atomic E-state index is 0.352. The van der Waals surface area contributed by atoms with Crippen molar-refractivity contribution in [2.45, 2.75) is 6.54 Å². The number of hydrogen-bond acceptors (Lipinski definition) is 5. The second kappa shape index (κ2) is 4.71. The lowest BCUT2D eigenvalue weighted by molar-refractivity contribution is 0.388. The lowest BCUT2D eigenvalue weighted by Crippen LogP contribution is -2.10. The molecule has 0 atom stereocenters. The summed E-state index contributed by atoms with van der Waals surface area (Å²) >= 11 is 4.88. The van der Waals surface area contributed by atoms with Gasteiger partial charge in [0.15, 0.2) is 5.76 Å². The van der Waals surface area contributed by atoms with Gasteiger partial charge < -0.3 is 15.6 Å². The van der Waals surface area contributed by atoms with Gasteiger partial charge in [-0.25, -0.2) is 4.98 Å². The maximum absolute atomic E-state index is 5.52. The Bertz CT molecular complexity index is 483. The third-order valence-electron chi connectivity index (χ3n) is 1.98. The Morgan fingerprint density at radius 3 is 3.00 bits per heavy atom. The summed E-state index contributed by atoms with van der Waals surface area (Å²) in [6, 6.07) is 5.34. The molecular formula is C10H10N4OS. The molecule has 0 saturated heterocycles. The number of rotatable bonds is 4. The van der Waals surface area contributed by atoms with E-state index in [-0.39, 0.29) is 0 Å². The van der Waals surface area contributed by atoms with Crippen LogP contribution in [0.1, 0.15) is 11.3 Å². The third kappa shape index (κ3) is 2.54. The van der Waals surface area contributed by atoms with Crippen LogP contribution >= 0.6 is 12.2 Å². The summed E-state index contributed by atoms with van der Waals surface area (Å²) in [6.07, 6.45) is 3.24. The van der Waals surface area contributed by atoms with Crippen LogP contribution in [0.2, 0.25) is 0 Å². The van der Waals surface area contributed by atoms with Gasteiger partial charge in [-0.2, -0.15) is 0 Å². The fourth-order valence-corrected chi connectivity index (χ4v) is 1.32. The molecule has 0 aliphatic rings. The molecule has 0 saturated carbocycles. The van der Waals surface area contributed by atoms with Crippen molar-refractivity contribution in [3.63, 3.8) is 0 Å². The average molecular weight is 234 g/mol. The predicted octanol–water partition coefficient (Wildman–Crippen LogP) is 1.32. The van der Waals surface area contributed by atoms with E-state index in [2.05, 4.69) is 15.5 Å². The largest absolute Gasteiger partial charge is 0.389 e. The molecule has 0 aromatic carbocycles. The van der Waals surface area contributed by atoms with Crippen LogP contribution in [0.3, 0.4) is 0 Å². The van der Waals surface area contributed by atoms with Crippen LogP contribution in [0.4, 0.5) is 5.82 Å². The molecule has 0 aliphatic heterocycles. The minimum atomic E-state index is 0.352. The van der Waals surface area contributed by atoms with E-state index >= 15 is 0 Å². The fraction of sp³-hybridized carbons (Fsp3) is 0.100. The molecule has 0 amide bonds. The van der Waals surface area contributed by atoms with Gasteiger partial charge in [-0.15, -0.1) is 0 Å². The van der Waals surface area contributed by atoms with E-state index < -0.39 is 0 Å². The average Bonchev–Trinajstić information content (AvgIpc) is 2.79. The van der Waals surface area contributed by atoms with Crippen LogP contribution in [0.5, 0.6) is 0 Å². The van der Waals surface area contributed by atoms with Gasteiger partial charge in [0.1, 0.15) is 10.8 Å². The highest BCUT2D eigenvalue weighted by Gasteiger charge is 2.01. The number of hydrogen-bond donors (Lipinski definition) is 2. The van der Waals surface area contributed by atoms with Crippen molar-refractivity contribution in [1.29, 1.82) is 0 Å².